The van der Waals surface area contributed by atoms with Gasteiger partial charge in [-0.1, -0.05) is 18.2 Å². The van der Waals surface area contributed by atoms with Crippen LogP contribution < -0.4 is 5.32 Å². The van der Waals surface area contributed by atoms with Crippen LogP contribution in [0.5, 0.6) is 0 Å². The summed E-state index contributed by atoms with van der Waals surface area (Å²) in [6, 6.07) is 6.60. The third-order valence-corrected chi connectivity index (χ3v) is 3.85. The van der Waals surface area contributed by atoms with Crippen LogP contribution in [-0.4, -0.2) is 32.5 Å². The monoisotopic (exact) mass is 249 g/mol. The van der Waals surface area contributed by atoms with Gasteiger partial charge in [-0.3, -0.25) is 0 Å². The predicted octanol–water partition coefficient (Wildman–Crippen LogP) is 2.20. The van der Waals surface area contributed by atoms with Gasteiger partial charge in [-0.15, -0.1) is 0 Å². The molecule has 1 unspecified atom stereocenters. The van der Waals surface area contributed by atoms with Crippen molar-refractivity contribution in [3.8, 4) is 0 Å². The van der Waals surface area contributed by atoms with E-state index in [4.69, 9.17) is 9.47 Å². The molecule has 0 aliphatic carbocycles. The molecule has 1 aliphatic rings. The first-order valence-corrected chi connectivity index (χ1v) is 6.55. The first kappa shape index (κ1) is 13.5. The molecule has 1 saturated heterocycles. The van der Waals surface area contributed by atoms with E-state index in [0.717, 1.165) is 26.1 Å². The van der Waals surface area contributed by atoms with Gasteiger partial charge in [0, 0.05) is 33.2 Å². The fraction of sp³-hybridized carbons (Fsp3) is 0.600. The average Bonchev–Trinajstić information content (AvgIpc) is 2.83. The molecule has 0 radical (unpaired) electrons. The lowest BCUT2D eigenvalue weighted by Gasteiger charge is -2.26. The minimum atomic E-state index is -0.125. The van der Waals surface area contributed by atoms with Crippen LogP contribution in [0, 0.1) is 13.8 Å². The zero-order valence-electron chi connectivity index (χ0n) is 11.6. The maximum absolute atomic E-state index is 5.59. The summed E-state index contributed by atoms with van der Waals surface area (Å²) in [5.74, 6) is 0. The summed E-state index contributed by atoms with van der Waals surface area (Å²) in [5.41, 5.74) is 3.89. The van der Waals surface area contributed by atoms with E-state index in [0.29, 0.717) is 6.61 Å². The van der Waals surface area contributed by atoms with Gasteiger partial charge in [0.05, 0.1) is 6.61 Å². The van der Waals surface area contributed by atoms with Gasteiger partial charge in [-0.2, -0.15) is 0 Å². The molecule has 2 rings (SSSR count). The predicted molar refractivity (Wildman–Crippen MR) is 72.8 cm³/mol. The first-order valence-electron chi connectivity index (χ1n) is 6.55. The van der Waals surface area contributed by atoms with E-state index < -0.39 is 0 Å². The third-order valence-electron chi connectivity index (χ3n) is 3.85. The molecular formula is C15H23NO2. The topological polar surface area (TPSA) is 30.5 Å². The minimum Gasteiger partial charge on any atom is -0.378 e. The van der Waals surface area contributed by atoms with Gasteiger partial charge in [0.2, 0.25) is 0 Å². The molecule has 3 heteroatoms. The van der Waals surface area contributed by atoms with Crippen molar-refractivity contribution >= 4 is 0 Å². The second-order valence-electron chi connectivity index (χ2n) is 5.21. The number of rotatable bonds is 5. The van der Waals surface area contributed by atoms with Crippen molar-refractivity contribution in [1.82, 2.24) is 5.32 Å². The Labute approximate surface area is 109 Å². The number of methoxy groups -OCH3 is 1. The molecule has 0 aromatic heterocycles. The Bertz CT molecular complexity index is 397. The van der Waals surface area contributed by atoms with E-state index in [2.05, 4.69) is 37.4 Å². The molecule has 0 amide bonds. The average molecular weight is 249 g/mol. The minimum absolute atomic E-state index is 0.125. The van der Waals surface area contributed by atoms with Crippen LogP contribution in [0.4, 0.5) is 0 Å². The van der Waals surface area contributed by atoms with Crippen molar-refractivity contribution in [1.29, 1.82) is 0 Å². The molecule has 1 aromatic carbocycles. The molecule has 0 bridgehead atoms. The van der Waals surface area contributed by atoms with E-state index in [9.17, 15) is 0 Å². The van der Waals surface area contributed by atoms with Gasteiger partial charge < -0.3 is 14.8 Å². The number of benzene rings is 1. The second kappa shape index (κ2) is 5.83. The van der Waals surface area contributed by atoms with Crippen molar-refractivity contribution in [2.75, 3.05) is 26.9 Å². The zero-order chi connectivity index (χ0) is 13.0. The van der Waals surface area contributed by atoms with Crippen molar-refractivity contribution in [3.63, 3.8) is 0 Å². The number of nitrogens with one attached hydrogen (secondary N) is 1. The van der Waals surface area contributed by atoms with E-state index in [1.807, 2.05) is 0 Å². The smallest absolute Gasteiger partial charge is 0.106 e. The first-order chi connectivity index (χ1) is 8.65. The van der Waals surface area contributed by atoms with Gasteiger partial charge in [0.1, 0.15) is 5.60 Å². The van der Waals surface area contributed by atoms with E-state index in [1.54, 1.807) is 7.11 Å². The highest BCUT2D eigenvalue weighted by Crippen LogP contribution is 2.21. The Morgan fingerprint density at radius 3 is 2.78 bits per heavy atom. The van der Waals surface area contributed by atoms with Crippen molar-refractivity contribution in [2.24, 2.45) is 0 Å². The normalized spacial score (nSPS) is 23.5. The quantitative estimate of drug-likeness (QED) is 0.868. The molecule has 1 N–H and O–H groups in total. The summed E-state index contributed by atoms with van der Waals surface area (Å²) >= 11 is 0. The second-order valence-corrected chi connectivity index (χ2v) is 5.21. The van der Waals surface area contributed by atoms with E-state index in [1.165, 1.54) is 16.7 Å². The number of hydrogen-bond donors (Lipinski definition) is 1. The molecular weight excluding hydrogens is 226 g/mol. The molecule has 3 nitrogen and oxygen atoms in total. The molecule has 100 valence electrons. The van der Waals surface area contributed by atoms with Crippen LogP contribution in [0.25, 0.3) is 0 Å². The van der Waals surface area contributed by atoms with Crippen molar-refractivity contribution < 1.29 is 9.47 Å². The van der Waals surface area contributed by atoms with Gasteiger partial charge in [-0.25, -0.2) is 0 Å². The molecule has 1 heterocycles. The molecule has 0 spiro atoms. The highest BCUT2D eigenvalue weighted by Gasteiger charge is 2.34. The lowest BCUT2D eigenvalue weighted by molar-refractivity contribution is -0.0159. The third kappa shape index (κ3) is 3.10. The van der Waals surface area contributed by atoms with E-state index >= 15 is 0 Å². The molecule has 1 aliphatic heterocycles. The highest BCUT2D eigenvalue weighted by atomic mass is 16.5. The van der Waals surface area contributed by atoms with Crippen LogP contribution in [0.3, 0.4) is 0 Å². The fourth-order valence-corrected chi connectivity index (χ4v) is 2.31. The number of aryl methyl sites for hydroxylation is 2. The molecule has 1 aromatic rings. The van der Waals surface area contributed by atoms with Crippen LogP contribution >= 0.6 is 0 Å². The fourth-order valence-electron chi connectivity index (χ4n) is 2.31. The summed E-state index contributed by atoms with van der Waals surface area (Å²) in [6.07, 6.45) is 0.976. The zero-order valence-corrected chi connectivity index (χ0v) is 11.6. The Hall–Kier alpha value is -0.900. The number of ether oxygens (including phenoxy) is 2. The molecule has 1 fully saturated rings. The lowest BCUT2D eigenvalue weighted by Crippen LogP contribution is -2.42. The largest absolute Gasteiger partial charge is 0.378 e. The summed E-state index contributed by atoms with van der Waals surface area (Å²) in [6.45, 7) is 7.52. The van der Waals surface area contributed by atoms with Gasteiger partial charge >= 0.3 is 0 Å². The summed E-state index contributed by atoms with van der Waals surface area (Å²) in [7, 11) is 1.77. The Kier molecular flexibility index (Phi) is 4.38. The van der Waals surface area contributed by atoms with Crippen LogP contribution in [0.15, 0.2) is 18.2 Å². The van der Waals surface area contributed by atoms with Crippen molar-refractivity contribution in [3.05, 3.63) is 34.9 Å². The van der Waals surface area contributed by atoms with Gasteiger partial charge in [0.25, 0.3) is 0 Å². The summed E-state index contributed by atoms with van der Waals surface area (Å²) < 4.78 is 11.0. The molecule has 18 heavy (non-hydrogen) atoms. The summed E-state index contributed by atoms with van der Waals surface area (Å²) in [4.78, 5) is 0. The Balaban J connectivity index is 1.86. The van der Waals surface area contributed by atoms with E-state index in [-0.39, 0.29) is 5.60 Å². The van der Waals surface area contributed by atoms with Crippen LogP contribution in [0.1, 0.15) is 23.1 Å². The van der Waals surface area contributed by atoms with Crippen LogP contribution in [0.2, 0.25) is 0 Å². The van der Waals surface area contributed by atoms with Gasteiger partial charge in [-0.05, 0) is 30.5 Å². The molecule has 0 saturated carbocycles. The maximum atomic E-state index is 5.59. The maximum Gasteiger partial charge on any atom is 0.106 e. The highest BCUT2D eigenvalue weighted by molar-refractivity contribution is 5.29. The lowest BCUT2D eigenvalue weighted by atomic mass is 10.0. The van der Waals surface area contributed by atoms with Crippen LogP contribution in [-0.2, 0) is 16.0 Å². The van der Waals surface area contributed by atoms with Gasteiger partial charge in [0.15, 0.2) is 0 Å². The molecule has 1 atom stereocenters. The summed E-state index contributed by atoms with van der Waals surface area (Å²) in [5, 5.41) is 3.48. The van der Waals surface area contributed by atoms with Crippen molar-refractivity contribution in [2.45, 2.75) is 32.4 Å². The number of hydrogen-bond acceptors (Lipinski definition) is 3. The standard InChI is InChI=1S/C15H23NO2/c1-12-4-5-14(8-13(12)2)9-16-10-15(17-3)6-7-18-11-15/h4-5,8,16H,6-7,9-11H2,1-3H3. The Morgan fingerprint density at radius 2 is 2.17 bits per heavy atom. The Morgan fingerprint density at radius 1 is 1.33 bits per heavy atom. The SMILES string of the molecule is COC1(CNCc2ccc(C)c(C)c2)CCOC1.